The minimum absolute atomic E-state index is 0.0289. The molecule has 0 spiro atoms. The monoisotopic (exact) mass is 912 g/mol. The molecule has 0 saturated heterocycles. The van der Waals surface area contributed by atoms with Gasteiger partial charge in [-0.05, 0) is 72.5 Å². The second kappa shape index (κ2) is 15.4. The third kappa shape index (κ3) is 7.88. The molecule has 1 N–H and O–H groups in total. The molecule has 0 fully saturated rings. The van der Waals surface area contributed by atoms with Gasteiger partial charge in [0.2, 0.25) is 0 Å². The van der Waals surface area contributed by atoms with Gasteiger partial charge in [0, 0.05) is 45.1 Å². The molecule has 308 valence electrons. The lowest BCUT2D eigenvalue weighted by Crippen LogP contribution is -2.23. The summed E-state index contributed by atoms with van der Waals surface area (Å²) in [5.74, 6) is -4.13. The number of hydrogen-bond acceptors (Lipinski definition) is 4. The zero-order valence-electron chi connectivity index (χ0n) is 30.4. The standard InChI is InChI=1S/C41H30Cl4F6N4O3S/c42-23-11-14-34(32(44)18-23)54-38-26-7-5-4-6-21(26)16-28(38)36(52-54)30(40(46,47)48)8-2-1-3-9-31(41(49,50)51)37-29-17-22-10-13-25(59(56,57)58)20-27(22)39(29)55(53-37)35-15-12-24(43)19-33(35)45/h4-7,10-15,18-20,30-31H,1-3,8-9,16-17H2,(H,56,57,58). The highest BCUT2D eigenvalue weighted by molar-refractivity contribution is 7.85. The van der Waals surface area contributed by atoms with E-state index in [0.29, 0.717) is 27.5 Å². The number of hydrogen-bond donors (Lipinski definition) is 1. The first kappa shape index (κ1) is 41.7. The van der Waals surface area contributed by atoms with E-state index < -0.39 is 52.0 Å². The van der Waals surface area contributed by atoms with E-state index in [-0.39, 0.29) is 81.1 Å². The molecule has 2 aromatic heterocycles. The van der Waals surface area contributed by atoms with Crippen LogP contribution in [0.3, 0.4) is 0 Å². The van der Waals surface area contributed by atoms with Crippen LogP contribution in [0.2, 0.25) is 20.1 Å². The molecule has 4 aromatic carbocycles. The Morgan fingerprint density at radius 3 is 1.58 bits per heavy atom. The van der Waals surface area contributed by atoms with Crippen molar-refractivity contribution in [3.05, 3.63) is 133 Å². The first-order valence-corrected chi connectivity index (χ1v) is 21.2. The Morgan fingerprint density at radius 1 is 0.627 bits per heavy atom. The van der Waals surface area contributed by atoms with E-state index in [1.165, 1.54) is 45.8 Å². The van der Waals surface area contributed by atoms with Gasteiger partial charge in [0.1, 0.15) is 0 Å². The van der Waals surface area contributed by atoms with Crippen molar-refractivity contribution in [2.24, 2.45) is 0 Å². The molecule has 2 atom stereocenters. The van der Waals surface area contributed by atoms with Crippen LogP contribution in [-0.4, -0.2) is 44.9 Å². The molecule has 7 nitrogen and oxygen atoms in total. The lowest BCUT2D eigenvalue weighted by Gasteiger charge is -2.21. The average Bonchev–Trinajstić information content (AvgIpc) is 3.89. The first-order chi connectivity index (χ1) is 27.8. The van der Waals surface area contributed by atoms with Crippen LogP contribution in [0.4, 0.5) is 26.3 Å². The minimum Gasteiger partial charge on any atom is -0.282 e. The SMILES string of the molecule is O=S(=O)(O)c1ccc2c(c1)-c1c(c(C(CCCCCC(c3nn(-c4ccc(Cl)cc4Cl)c4c3Cc3ccccc3-4)C(F)(F)F)C(F)(F)F)nn1-c1ccc(Cl)cc1Cl)C2. The molecule has 0 bridgehead atoms. The van der Waals surface area contributed by atoms with Gasteiger partial charge < -0.3 is 0 Å². The van der Waals surface area contributed by atoms with Crippen LogP contribution < -0.4 is 0 Å². The van der Waals surface area contributed by atoms with Crippen molar-refractivity contribution >= 4 is 56.5 Å². The number of unbranched alkanes of at least 4 members (excludes halogenated alkanes) is 2. The zero-order chi connectivity index (χ0) is 42.2. The van der Waals surface area contributed by atoms with E-state index in [2.05, 4.69) is 10.2 Å². The largest absolute Gasteiger partial charge is 0.397 e. The number of nitrogens with zero attached hydrogens (tertiary/aromatic N) is 4. The van der Waals surface area contributed by atoms with Crippen molar-refractivity contribution in [3.8, 4) is 33.9 Å². The maximum Gasteiger partial charge on any atom is 0.397 e. The van der Waals surface area contributed by atoms with E-state index in [0.717, 1.165) is 17.2 Å². The summed E-state index contributed by atoms with van der Waals surface area (Å²) in [6.45, 7) is 0. The molecule has 0 radical (unpaired) electrons. The van der Waals surface area contributed by atoms with Crippen LogP contribution in [0.15, 0.2) is 83.8 Å². The zero-order valence-corrected chi connectivity index (χ0v) is 34.2. The molecule has 59 heavy (non-hydrogen) atoms. The van der Waals surface area contributed by atoms with Crippen molar-refractivity contribution in [1.29, 1.82) is 0 Å². The number of rotatable bonds is 11. The molecule has 2 aliphatic carbocycles. The predicted octanol–water partition coefficient (Wildman–Crippen LogP) is 13.0. The van der Waals surface area contributed by atoms with Gasteiger partial charge in [-0.1, -0.05) is 96.0 Å². The number of aromatic nitrogens is 4. The van der Waals surface area contributed by atoms with Crippen molar-refractivity contribution in [1.82, 2.24) is 19.6 Å². The summed E-state index contributed by atoms with van der Waals surface area (Å²) in [6.07, 6.45) is -10.4. The Kier molecular flexibility index (Phi) is 10.9. The summed E-state index contributed by atoms with van der Waals surface area (Å²) in [7, 11) is -4.67. The summed E-state index contributed by atoms with van der Waals surface area (Å²) < 4.78 is 126. The smallest absolute Gasteiger partial charge is 0.282 e. The van der Waals surface area contributed by atoms with Crippen molar-refractivity contribution < 1.29 is 39.3 Å². The maximum absolute atomic E-state index is 15.0. The summed E-state index contributed by atoms with van der Waals surface area (Å²) in [5.41, 5.74) is 3.59. The van der Waals surface area contributed by atoms with Crippen molar-refractivity contribution in [2.45, 2.75) is 74.0 Å². The third-order valence-corrected chi connectivity index (χ3v) is 12.8. The van der Waals surface area contributed by atoms with E-state index >= 15 is 13.2 Å². The normalized spacial score (nSPS) is 14.6. The fraction of sp³-hybridized carbons (Fsp3) is 0.268. The highest BCUT2D eigenvalue weighted by Gasteiger charge is 2.47. The number of alkyl halides is 6. The Labute approximate surface area is 354 Å². The fourth-order valence-electron chi connectivity index (χ4n) is 8.21. The topological polar surface area (TPSA) is 90.0 Å². The highest BCUT2D eigenvalue weighted by atomic mass is 35.5. The van der Waals surface area contributed by atoms with Crippen LogP contribution in [0.25, 0.3) is 33.9 Å². The summed E-state index contributed by atoms with van der Waals surface area (Å²) in [6, 6.07) is 19.9. The highest BCUT2D eigenvalue weighted by Crippen LogP contribution is 2.50. The molecular formula is C41H30Cl4F6N4O3S. The Hall–Kier alpha value is -4.05. The van der Waals surface area contributed by atoms with Gasteiger partial charge in [0.05, 0.1) is 60.9 Å². The molecule has 6 aromatic rings. The molecule has 0 amide bonds. The van der Waals surface area contributed by atoms with Gasteiger partial charge >= 0.3 is 12.4 Å². The van der Waals surface area contributed by atoms with Gasteiger partial charge in [0.15, 0.2) is 0 Å². The van der Waals surface area contributed by atoms with Gasteiger partial charge in [-0.2, -0.15) is 45.0 Å². The molecular weight excluding hydrogens is 884 g/mol. The Morgan fingerprint density at radius 2 is 1.10 bits per heavy atom. The Bertz CT molecular complexity index is 2750. The van der Waals surface area contributed by atoms with Gasteiger partial charge in [-0.15, -0.1) is 0 Å². The van der Waals surface area contributed by atoms with Gasteiger partial charge in [-0.3, -0.25) is 4.55 Å². The van der Waals surface area contributed by atoms with E-state index in [1.807, 2.05) is 12.1 Å². The lowest BCUT2D eigenvalue weighted by molar-refractivity contribution is -0.153. The summed E-state index contributed by atoms with van der Waals surface area (Å²) >= 11 is 25.2. The van der Waals surface area contributed by atoms with Gasteiger partial charge in [0.25, 0.3) is 10.1 Å². The molecule has 8 rings (SSSR count). The Balaban J connectivity index is 1.08. The molecule has 18 heteroatoms. The predicted molar refractivity (Wildman–Crippen MR) is 214 cm³/mol. The van der Waals surface area contributed by atoms with Crippen LogP contribution in [0.1, 0.15) is 77.6 Å². The fourth-order valence-corrected chi connectivity index (χ4v) is 9.70. The molecule has 0 saturated carbocycles. The second-order valence-corrected chi connectivity index (χ2v) is 17.7. The summed E-state index contributed by atoms with van der Waals surface area (Å²) in [5, 5.41) is 9.78. The lowest BCUT2D eigenvalue weighted by atomic mass is 9.91. The van der Waals surface area contributed by atoms with Gasteiger partial charge in [-0.25, -0.2) is 9.36 Å². The second-order valence-electron chi connectivity index (χ2n) is 14.6. The van der Waals surface area contributed by atoms with Crippen LogP contribution >= 0.6 is 46.4 Å². The van der Waals surface area contributed by atoms with Crippen LogP contribution in [0.5, 0.6) is 0 Å². The maximum atomic E-state index is 15.0. The first-order valence-electron chi connectivity index (χ1n) is 18.3. The van der Waals surface area contributed by atoms with E-state index in [9.17, 15) is 26.1 Å². The summed E-state index contributed by atoms with van der Waals surface area (Å²) in [4.78, 5) is -0.458. The van der Waals surface area contributed by atoms with E-state index in [1.54, 1.807) is 24.3 Å². The van der Waals surface area contributed by atoms with E-state index in [4.69, 9.17) is 46.4 Å². The van der Waals surface area contributed by atoms with Crippen molar-refractivity contribution in [2.75, 3.05) is 0 Å². The molecule has 2 aliphatic rings. The number of benzene rings is 4. The quantitative estimate of drug-likeness (QED) is 0.0793. The molecule has 2 heterocycles. The minimum atomic E-state index is -4.81. The molecule has 2 unspecified atom stereocenters. The van der Waals surface area contributed by atoms with Crippen molar-refractivity contribution in [3.63, 3.8) is 0 Å². The number of fused-ring (bicyclic) bond motifs is 6. The van der Waals surface area contributed by atoms with Crippen LogP contribution in [-0.2, 0) is 23.0 Å². The molecule has 0 aliphatic heterocycles. The van der Waals surface area contributed by atoms with Crippen LogP contribution in [0, 0.1) is 0 Å². The third-order valence-electron chi connectivity index (χ3n) is 10.9. The number of halogens is 10. The average molecular weight is 915 g/mol.